The molecule has 1 aromatic heterocycles. The van der Waals surface area contributed by atoms with Crippen LogP contribution in [0.3, 0.4) is 0 Å². The first kappa shape index (κ1) is 13.0. The van der Waals surface area contributed by atoms with Crippen LogP contribution >= 0.6 is 11.6 Å². The van der Waals surface area contributed by atoms with E-state index in [0.717, 1.165) is 6.07 Å². The molecule has 19 heavy (non-hydrogen) atoms. The van der Waals surface area contributed by atoms with Crippen molar-refractivity contribution in [2.24, 2.45) is 0 Å². The van der Waals surface area contributed by atoms with Crippen LogP contribution in [0.2, 0.25) is 0 Å². The lowest BCUT2D eigenvalue weighted by atomic mass is 10.2. The lowest BCUT2D eigenvalue weighted by Crippen LogP contribution is -2.00. The van der Waals surface area contributed by atoms with Crippen LogP contribution in [0.1, 0.15) is 5.69 Å². The average molecular weight is 283 g/mol. The molecule has 98 valence electrons. The van der Waals surface area contributed by atoms with E-state index in [1.54, 1.807) is 6.07 Å². The monoisotopic (exact) mass is 282 g/mol. The molecule has 0 amide bonds. The second-order valence-electron chi connectivity index (χ2n) is 3.61. The second-order valence-corrected chi connectivity index (χ2v) is 3.87. The third-order valence-corrected chi connectivity index (χ3v) is 2.63. The summed E-state index contributed by atoms with van der Waals surface area (Å²) in [5.74, 6) is 0.185. The number of nitro groups is 2. The van der Waals surface area contributed by atoms with Gasteiger partial charge in [0.05, 0.1) is 33.2 Å². The van der Waals surface area contributed by atoms with Crippen LogP contribution in [-0.2, 0) is 5.88 Å². The molecule has 0 radical (unpaired) electrons. The molecular formula is C10H7ClN4O4. The normalized spacial score (nSPS) is 10.4. The number of nitrogens with zero attached hydrogens (tertiary/aromatic N) is 4. The van der Waals surface area contributed by atoms with E-state index in [4.69, 9.17) is 11.6 Å². The van der Waals surface area contributed by atoms with E-state index in [1.807, 2.05) is 0 Å². The molecule has 0 aliphatic rings. The smallest absolute Gasteiger partial charge is 0.258 e. The van der Waals surface area contributed by atoms with E-state index in [2.05, 4.69) is 5.10 Å². The van der Waals surface area contributed by atoms with E-state index < -0.39 is 9.85 Å². The van der Waals surface area contributed by atoms with E-state index in [-0.39, 0.29) is 22.9 Å². The van der Waals surface area contributed by atoms with E-state index in [0.29, 0.717) is 5.69 Å². The quantitative estimate of drug-likeness (QED) is 0.486. The van der Waals surface area contributed by atoms with Gasteiger partial charge in [-0.3, -0.25) is 20.2 Å². The lowest BCUT2D eigenvalue weighted by Gasteiger charge is -2.01. The van der Waals surface area contributed by atoms with Crippen LogP contribution in [-0.4, -0.2) is 19.6 Å². The van der Waals surface area contributed by atoms with Crippen LogP contribution in [0.4, 0.5) is 11.4 Å². The van der Waals surface area contributed by atoms with Gasteiger partial charge in [0.2, 0.25) is 0 Å². The summed E-state index contributed by atoms with van der Waals surface area (Å²) >= 11 is 5.60. The third-order valence-electron chi connectivity index (χ3n) is 2.35. The van der Waals surface area contributed by atoms with Gasteiger partial charge in [-0.15, -0.1) is 11.6 Å². The van der Waals surface area contributed by atoms with Crippen LogP contribution in [0.25, 0.3) is 5.69 Å². The molecule has 0 saturated carbocycles. The first-order valence-electron chi connectivity index (χ1n) is 5.06. The summed E-state index contributed by atoms with van der Waals surface area (Å²) in [6.07, 6.45) is 1.53. The van der Waals surface area contributed by atoms with Crippen molar-refractivity contribution in [3.05, 3.63) is 56.4 Å². The van der Waals surface area contributed by atoms with Crippen molar-refractivity contribution >= 4 is 23.0 Å². The predicted molar refractivity (Wildman–Crippen MR) is 66.4 cm³/mol. The molecule has 8 nitrogen and oxygen atoms in total. The van der Waals surface area contributed by atoms with Crippen molar-refractivity contribution in [2.45, 2.75) is 5.88 Å². The van der Waals surface area contributed by atoms with Crippen LogP contribution in [0, 0.1) is 20.2 Å². The molecule has 0 fully saturated rings. The molecular weight excluding hydrogens is 276 g/mol. The zero-order valence-electron chi connectivity index (χ0n) is 9.39. The van der Waals surface area contributed by atoms with Gasteiger partial charge in [-0.1, -0.05) is 0 Å². The number of halogens is 1. The number of aromatic nitrogens is 2. The highest BCUT2D eigenvalue weighted by Gasteiger charge is 2.17. The van der Waals surface area contributed by atoms with Gasteiger partial charge in [0, 0.05) is 18.3 Å². The summed E-state index contributed by atoms with van der Waals surface area (Å²) < 4.78 is 1.30. The standard InChI is InChI=1S/C10H7ClN4O4/c11-6-7-1-2-13(12-7)8-3-9(14(16)17)5-10(4-8)15(18)19/h1-5H,6H2. The summed E-state index contributed by atoms with van der Waals surface area (Å²) in [5.41, 5.74) is 0.0624. The Balaban J connectivity index is 2.55. The van der Waals surface area contributed by atoms with Crippen LogP contribution in [0.5, 0.6) is 0 Å². The molecule has 0 saturated heterocycles. The fourth-order valence-corrected chi connectivity index (χ4v) is 1.64. The number of benzene rings is 1. The molecule has 9 heteroatoms. The van der Waals surface area contributed by atoms with Gasteiger partial charge in [0.15, 0.2) is 0 Å². The van der Waals surface area contributed by atoms with E-state index >= 15 is 0 Å². The molecule has 2 rings (SSSR count). The number of nitro benzene ring substituents is 2. The van der Waals surface area contributed by atoms with Gasteiger partial charge >= 0.3 is 0 Å². The van der Waals surface area contributed by atoms with Gasteiger partial charge in [-0.2, -0.15) is 5.10 Å². The Morgan fingerprint density at radius 3 is 2.16 bits per heavy atom. The molecule has 0 aliphatic carbocycles. The van der Waals surface area contributed by atoms with E-state index in [9.17, 15) is 20.2 Å². The maximum atomic E-state index is 10.8. The van der Waals surface area contributed by atoms with Crippen molar-refractivity contribution in [3.8, 4) is 5.69 Å². The van der Waals surface area contributed by atoms with Crippen LogP contribution < -0.4 is 0 Å². The van der Waals surface area contributed by atoms with Crippen molar-refractivity contribution in [1.82, 2.24) is 9.78 Å². The SMILES string of the molecule is O=[N+]([O-])c1cc(-n2ccc(CCl)n2)cc([N+](=O)[O-])c1. The Kier molecular flexibility index (Phi) is 3.43. The van der Waals surface area contributed by atoms with Crippen molar-refractivity contribution in [3.63, 3.8) is 0 Å². The van der Waals surface area contributed by atoms with Gasteiger partial charge in [0.1, 0.15) is 0 Å². The molecule has 0 bridgehead atoms. The zero-order chi connectivity index (χ0) is 14.0. The zero-order valence-corrected chi connectivity index (χ0v) is 10.1. The highest BCUT2D eigenvalue weighted by atomic mass is 35.5. The highest BCUT2D eigenvalue weighted by Crippen LogP contribution is 2.24. The van der Waals surface area contributed by atoms with Crippen molar-refractivity contribution in [1.29, 1.82) is 0 Å². The summed E-state index contributed by atoms with van der Waals surface area (Å²) in [6, 6.07) is 4.93. The number of alkyl halides is 1. The van der Waals surface area contributed by atoms with Gasteiger partial charge in [-0.25, -0.2) is 4.68 Å². The fraction of sp³-hybridized carbons (Fsp3) is 0.100. The Labute approximate surface area is 111 Å². The number of hydrogen-bond acceptors (Lipinski definition) is 5. The third kappa shape index (κ3) is 2.68. The molecule has 0 atom stereocenters. The minimum absolute atomic E-state index is 0.185. The highest BCUT2D eigenvalue weighted by molar-refractivity contribution is 6.16. The van der Waals surface area contributed by atoms with Crippen molar-refractivity contribution in [2.75, 3.05) is 0 Å². The second kappa shape index (κ2) is 5.02. The molecule has 2 aromatic rings. The maximum Gasteiger partial charge on any atom is 0.278 e. The Bertz CT molecular complexity index is 622. The number of rotatable bonds is 4. The first-order valence-corrected chi connectivity index (χ1v) is 5.59. The number of non-ortho nitro benzene ring substituents is 2. The summed E-state index contributed by atoms with van der Waals surface area (Å²) in [4.78, 5) is 20.1. The molecule has 0 unspecified atom stereocenters. The Morgan fingerprint density at radius 2 is 1.74 bits per heavy atom. The van der Waals surface area contributed by atoms with Crippen LogP contribution in [0.15, 0.2) is 30.5 Å². The molecule has 0 aliphatic heterocycles. The summed E-state index contributed by atoms with van der Waals surface area (Å²) in [5, 5.41) is 25.5. The minimum Gasteiger partial charge on any atom is -0.258 e. The predicted octanol–water partition coefficient (Wildman–Crippen LogP) is 2.43. The average Bonchev–Trinajstić information content (AvgIpc) is 2.86. The van der Waals surface area contributed by atoms with Gasteiger partial charge in [0.25, 0.3) is 11.4 Å². The summed E-state index contributed by atoms with van der Waals surface area (Å²) in [7, 11) is 0. The van der Waals surface area contributed by atoms with Crippen molar-refractivity contribution < 1.29 is 9.85 Å². The maximum absolute atomic E-state index is 10.8. The minimum atomic E-state index is -0.692. The number of hydrogen-bond donors (Lipinski definition) is 0. The fourth-order valence-electron chi connectivity index (χ4n) is 1.50. The molecule has 0 spiro atoms. The summed E-state index contributed by atoms with van der Waals surface area (Å²) in [6.45, 7) is 0. The first-order chi connectivity index (χ1) is 9.01. The Hall–Kier alpha value is -2.48. The Morgan fingerprint density at radius 1 is 1.16 bits per heavy atom. The largest absolute Gasteiger partial charge is 0.278 e. The molecule has 1 heterocycles. The van der Waals surface area contributed by atoms with Gasteiger partial charge in [-0.05, 0) is 6.07 Å². The molecule has 0 N–H and O–H groups in total. The van der Waals surface area contributed by atoms with E-state index in [1.165, 1.54) is 23.0 Å². The molecule has 1 aromatic carbocycles. The van der Waals surface area contributed by atoms with Gasteiger partial charge < -0.3 is 0 Å². The topological polar surface area (TPSA) is 104 Å². The lowest BCUT2D eigenvalue weighted by molar-refractivity contribution is -0.394.